The van der Waals surface area contributed by atoms with Crippen molar-refractivity contribution in [3.05, 3.63) is 23.3 Å². The number of esters is 1. The van der Waals surface area contributed by atoms with Gasteiger partial charge in [0.25, 0.3) is 0 Å². The maximum absolute atomic E-state index is 13.1. The van der Waals surface area contributed by atoms with Gasteiger partial charge in [-0.05, 0) is 50.8 Å². The summed E-state index contributed by atoms with van der Waals surface area (Å²) in [6.45, 7) is 3.81. The fourth-order valence-electron chi connectivity index (χ4n) is 3.13. The summed E-state index contributed by atoms with van der Waals surface area (Å²) in [6.07, 6.45) is 1.20. The summed E-state index contributed by atoms with van der Waals surface area (Å²) in [4.78, 5) is 25.7. The molecule has 0 bridgehead atoms. The van der Waals surface area contributed by atoms with Gasteiger partial charge in [0.15, 0.2) is 17.3 Å². The SMILES string of the molecule is CCOC(=O)C1(CCC(C)Cl)Cc2cc(OC)c(OC)cc2C1=O. The van der Waals surface area contributed by atoms with Crippen LogP contribution in [0.5, 0.6) is 11.5 Å². The standard InChI is InChI=1S/C18H23ClO5/c1-5-24-17(21)18(7-6-11(2)19)10-12-8-14(22-3)15(23-4)9-13(12)16(18)20/h8-9,11H,5-7,10H2,1-4H3. The number of ether oxygens (including phenoxy) is 3. The quantitative estimate of drug-likeness (QED) is 0.426. The number of rotatable bonds is 7. The molecule has 0 radical (unpaired) electrons. The molecule has 0 fully saturated rings. The summed E-state index contributed by atoms with van der Waals surface area (Å²) < 4.78 is 15.8. The molecule has 6 heteroatoms. The Labute approximate surface area is 147 Å². The maximum atomic E-state index is 13.1. The molecule has 1 aromatic rings. The number of methoxy groups -OCH3 is 2. The molecule has 0 N–H and O–H groups in total. The van der Waals surface area contributed by atoms with Crippen molar-refractivity contribution in [3.8, 4) is 11.5 Å². The third kappa shape index (κ3) is 3.22. The van der Waals surface area contributed by atoms with E-state index in [2.05, 4.69) is 0 Å². The molecule has 1 aliphatic carbocycles. The lowest BCUT2D eigenvalue weighted by Crippen LogP contribution is -2.39. The third-order valence-corrected chi connectivity index (χ3v) is 4.63. The molecule has 0 saturated carbocycles. The van der Waals surface area contributed by atoms with Crippen LogP contribution in [0.25, 0.3) is 0 Å². The zero-order chi connectivity index (χ0) is 17.9. The second-order valence-corrected chi connectivity index (χ2v) is 6.74. The third-order valence-electron chi connectivity index (χ3n) is 4.42. The number of ketones is 1. The van der Waals surface area contributed by atoms with Gasteiger partial charge in [-0.1, -0.05) is 0 Å². The normalized spacial score (nSPS) is 20.5. The lowest BCUT2D eigenvalue weighted by atomic mass is 9.79. The molecule has 2 rings (SSSR count). The highest BCUT2D eigenvalue weighted by molar-refractivity contribution is 6.20. The molecular formula is C18H23ClO5. The van der Waals surface area contributed by atoms with Crippen molar-refractivity contribution in [1.29, 1.82) is 0 Å². The van der Waals surface area contributed by atoms with Crippen LogP contribution in [0.4, 0.5) is 0 Å². The van der Waals surface area contributed by atoms with Crippen molar-refractivity contribution >= 4 is 23.4 Å². The molecule has 0 heterocycles. The molecule has 0 spiro atoms. The Morgan fingerprint density at radius 1 is 1.29 bits per heavy atom. The van der Waals surface area contributed by atoms with E-state index in [0.29, 0.717) is 36.3 Å². The summed E-state index contributed by atoms with van der Waals surface area (Å²) in [5.41, 5.74) is 0.0506. The van der Waals surface area contributed by atoms with E-state index in [1.807, 2.05) is 6.92 Å². The number of carbonyl (C=O) groups is 2. The van der Waals surface area contributed by atoms with Crippen LogP contribution in [0.1, 0.15) is 42.6 Å². The van der Waals surface area contributed by atoms with Gasteiger partial charge in [0.1, 0.15) is 5.41 Å². The van der Waals surface area contributed by atoms with Gasteiger partial charge in [-0.3, -0.25) is 9.59 Å². The second kappa shape index (κ2) is 7.43. The number of benzene rings is 1. The Balaban J connectivity index is 2.47. The van der Waals surface area contributed by atoms with Gasteiger partial charge in [-0.25, -0.2) is 0 Å². The van der Waals surface area contributed by atoms with Crippen LogP contribution in [0.15, 0.2) is 12.1 Å². The first-order valence-electron chi connectivity index (χ1n) is 8.00. The summed E-state index contributed by atoms with van der Waals surface area (Å²) in [5.74, 6) is 0.292. The first kappa shape index (κ1) is 18.6. The van der Waals surface area contributed by atoms with Crippen LogP contribution < -0.4 is 9.47 Å². The highest BCUT2D eigenvalue weighted by atomic mass is 35.5. The number of halogens is 1. The fourth-order valence-corrected chi connectivity index (χ4v) is 3.23. The lowest BCUT2D eigenvalue weighted by molar-refractivity contribution is -0.152. The fraction of sp³-hybridized carbons (Fsp3) is 0.556. The van der Waals surface area contributed by atoms with Crippen LogP contribution in [0.2, 0.25) is 0 Å². The Morgan fingerprint density at radius 2 is 1.92 bits per heavy atom. The number of Topliss-reactive ketones (excluding diaryl/α,β-unsaturated/α-hetero) is 1. The van der Waals surface area contributed by atoms with Gasteiger partial charge in [-0.2, -0.15) is 0 Å². The summed E-state index contributed by atoms with van der Waals surface area (Å²) in [7, 11) is 3.05. The molecule has 1 aliphatic rings. The van der Waals surface area contributed by atoms with Gasteiger partial charge in [0.2, 0.25) is 0 Å². The minimum absolute atomic E-state index is 0.128. The van der Waals surface area contributed by atoms with Crippen molar-refractivity contribution in [2.45, 2.75) is 38.5 Å². The van der Waals surface area contributed by atoms with Crippen molar-refractivity contribution in [3.63, 3.8) is 0 Å². The van der Waals surface area contributed by atoms with E-state index >= 15 is 0 Å². The Kier molecular flexibility index (Phi) is 5.75. The first-order chi connectivity index (χ1) is 11.4. The molecule has 0 aromatic heterocycles. The van der Waals surface area contributed by atoms with Crippen LogP contribution in [-0.2, 0) is 16.0 Å². The Hall–Kier alpha value is -1.75. The van der Waals surface area contributed by atoms with Crippen molar-refractivity contribution in [2.24, 2.45) is 5.41 Å². The minimum atomic E-state index is -1.21. The monoisotopic (exact) mass is 354 g/mol. The molecule has 1 aromatic carbocycles. The molecule has 0 aliphatic heterocycles. The molecule has 132 valence electrons. The smallest absolute Gasteiger partial charge is 0.320 e. The first-order valence-corrected chi connectivity index (χ1v) is 8.44. The van der Waals surface area contributed by atoms with E-state index in [1.165, 1.54) is 14.2 Å². The van der Waals surface area contributed by atoms with Gasteiger partial charge in [-0.15, -0.1) is 11.6 Å². The molecule has 24 heavy (non-hydrogen) atoms. The predicted octanol–water partition coefficient (Wildman–Crippen LogP) is 3.40. The van der Waals surface area contributed by atoms with Crippen LogP contribution in [0.3, 0.4) is 0 Å². The van der Waals surface area contributed by atoms with Crippen LogP contribution in [-0.4, -0.2) is 38.0 Å². The molecule has 0 amide bonds. The predicted molar refractivity (Wildman–Crippen MR) is 91.2 cm³/mol. The van der Waals surface area contributed by atoms with E-state index in [0.717, 1.165) is 5.56 Å². The van der Waals surface area contributed by atoms with Crippen LogP contribution in [0, 0.1) is 5.41 Å². The Morgan fingerprint density at radius 3 is 2.46 bits per heavy atom. The molecular weight excluding hydrogens is 332 g/mol. The van der Waals surface area contributed by atoms with Gasteiger partial charge in [0.05, 0.1) is 20.8 Å². The second-order valence-electron chi connectivity index (χ2n) is 5.99. The lowest BCUT2D eigenvalue weighted by Gasteiger charge is -2.25. The van der Waals surface area contributed by atoms with Crippen molar-refractivity contribution in [1.82, 2.24) is 0 Å². The number of hydrogen-bond donors (Lipinski definition) is 0. The van der Waals surface area contributed by atoms with Gasteiger partial charge < -0.3 is 14.2 Å². The molecule has 5 nitrogen and oxygen atoms in total. The van der Waals surface area contributed by atoms with E-state index in [9.17, 15) is 9.59 Å². The van der Waals surface area contributed by atoms with E-state index in [4.69, 9.17) is 25.8 Å². The molecule has 2 unspecified atom stereocenters. The molecule has 2 atom stereocenters. The maximum Gasteiger partial charge on any atom is 0.320 e. The summed E-state index contributed by atoms with van der Waals surface area (Å²) >= 11 is 6.05. The van der Waals surface area contributed by atoms with E-state index < -0.39 is 11.4 Å². The van der Waals surface area contributed by atoms with Crippen molar-refractivity contribution < 1.29 is 23.8 Å². The average molecular weight is 355 g/mol. The number of hydrogen-bond acceptors (Lipinski definition) is 5. The highest BCUT2D eigenvalue weighted by Gasteiger charge is 2.52. The summed E-state index contributed by atoms with van der Waals surface area (Å²) in [5, 5.41) is -0.128. The highest BCUT2D eigenvalue weighted by Crippen LogP contribution is 2.45. The van der Waals surface area contributed by atoms with Gasteiger partial charge in [0, 0.05) is 10.9 Å². The average Bonchev–Trinajstić information content (AvgIpc) is 2.84. The van der Waals surface area contributed by atoms with Crippen LogP contribution >= 0.6 is 11.6 Å². The topological polar surface area (TPSA) is 61.8 Å². The van der Waals surface area contributed by atoms with E-state index in [1.54, 1.807) is 19.1 Å². The summed E-state index contributed by atoms with van der Waals surface area (Å²) in [6, 6.07) is 3.40. The Bertz CT molecular complexity index is 641. The zero-order valence-electron chi connectivity index (χ0n) is 14.5. The van der Waals surface area contributed by atoms with Crippen molar-refractivity contribution in [2.75, 3.05) is 20.8 Å². The number of carbonyl (C=O) groups excluding carboxylic acids is 2. The van der Waals surface area contributed by atoms with E-state index in [-0.39, 0.29) is 17.8 Å². The zero-order valence-corrected chi connectivity index (χ0v) is 15.2. The molecule has 0 saturated heterocycles. The number of fused-ring (bicyclic) bond motifs is 1. The van der Waals surface area contributed by atoms with Gasteiger partial charge >= 0.3 is 5.97 Å². The largest absolute Gasteiger partial charge is 0.493 e. The minimum Gasteiger partial charge on any atom is -0.493 e. The number of alkyl halides is 1.